The number of piperidine rings is 1. The first-order valence-corrected chi connectivity index (χ1v) is 6.26. The maximum Gasteiger partial charge on any atom is 0.259 e. The van der Waals surface area contributed by atoms with Gasteiger partial charge in [0.05, 0.1) is 13.2 Å². The lowest BCUT2D eigenvalue weighted by atomic mass is 10.0. The molecule has 0 saturated carbocycles. The fraction of sp³-hybridized carbons (Fsp3) is 0.636. The molecule has 2 saturated heterocycles. The Morgan fingerprint density at radius 3 is 2.53 bits per heavy atom. The van der Waals surface area contributed by atoms with Gasteiger partial charge in [0.15, 0.2) is 5.79 Å². The summed E-state index contributed by atoms with van der Waals surface area (Å²) in [6.45, 7) is 2.75. The maximum atomic E-state index is 9.38. The van der Waals surface area contributed by atoms with Crippen molar-refractivity contribution in [2.45, 2.75) is 18.6 Å². The van der Waals surface area contributed by atoms with Crippen LogP contribution in [0, 0.1) is 5.41 Å². The standard InChI is InChI=1S/C11H17N5O3/c12-8-7-9(14-10(13)16(8)17)15-3-1-11(2-4-15)18-5-6-19-11/h7,13,17H,1-6,12H2. The third kappa shape index (κ3) is 2.13. The molecule has 8 heteroatoms. The van der Waals surface area contributed by atoms with E-state index >= 15 is 0 Å². The minimum atomic E-state index is -0.433. The van der Waals surface area contributed by atoms with Crippen molar-refractivity contribution in [2.24, 2.45) is 0 Å². The van der Waals surface area contributed by atoms with E-state index in [0.29, 0.717) is 23.8 Å². The summed E-state index contributed by atoms with van der Waals surface area (Å²) >= 11 is 0. The molecule has 0 radical (unpaired) electrons. The van der Waals surface area contributed by atoms with Crippen LogP contribution in [0.15, 0.2) is 6.07 Å². The lowest BCUT2D eigenvalue weighted by Crippen LogP contribution is -2.46. The Balaban J connectivity index is 1.76. The predicted molar refractivity (Wildman–Crippen MR) is 65.8 cm³/mol. The molecule has 0 amide bonds. The Hall–Kier alpha value is -1.80. The molecule has 19 heavy (non-hydrogen) atoms. The second-order valence-electron chi connectivity index (χ2n) is 4.77. The SMILES string of the molecule is N=c1nc(N2CCC3(CC2)OCCO3)cc(N)n1O. The summed E-state index contributed by atoms with van der Waals surface area (Å²) in [6, 6.07) is 1.56. The molecule has 1 spiro atoms. The number of hydrogen-bond donors (Lipinski definition) is 3. The molecular formula is C11H17N5O3. The molecule has 0 atom stereocenters. The van der Waals surface area contributed by atoms with Crippen LogP contribution in [-0.4, -0.2) is 47.0 Å². The van der Waals surface area contributed by atoms with E-state index in [1.807, 2.05) is 4.90 Å². The number of ether oxygens (including phenoxy) is 2. The molecule has 0 unspecified atom stereocenters. The van der Waals surface area contributed by atoms with E-state index in [1.165, 1.54) is 0 Å². The number of aromatic nitrogens is 2. The van der Waals surface area contributed by atoms with E-state index in [0.717, 1.165) is 25.9 Å². The summed E-state index contributed by atoms with van der Waals surface area (Å²) in [4.78, 5) is 6.03. The van der Waals surface area contributed by atoms with E-state index in [1.54, 1.807) is 6.07 Å². The first kappa shape index (κ1) is 12.2. The summed E-state index contributed by atoms with van der Waals surface area (Å²) in [5.74, 6) is 0.265. The van der Waals surface area contributed by atoms with Gasteiger partial charge in [0.1, 0.15) is 11.6 Å². The quantitative estimate of drug-likeness (QED) is 0.593. The first-order chi connectivity index (χ1) is 9.10. The molecule has 4 N–H and O–H groups in total. The molecule has 1 aromatic heterocycles. The third-order valence-corrected chi connectivity index (χ3v) is 3.61. The molecule has 2 aliphatic rings. The lowest BCUT2D eigenvalue weighted by Gasteiger charge is -2.38. The third-order valence-electron chi connectivity index (χ3n) is 3.61. The number of hydrogen-bond acceptors (Lipinski definition) is 7. The number of nitrogens with zero attached hydrogens (tertiary/aromatic N) is 3. The van der Waals surface area contributed by atoms with Crippen LogP contribution in [0.4, 0.5) is 11.6 Å². The number of anilines is 2. The summed E-state index contributed by atoms with van der Waals surface area (Å²) < 4.78 is 11.9. The van der Waals surface area contributed by atoms with Crippen molar-refractivity contribution in [3.63, 3.8) is 0 Å². The normalized spacial score (nSPS) is 22.0. The van der Waals surface area contributed by atoms with Gasteiger partial charge in [-0.05, 0) is 0 Å². The van der Waals surface area contributed by atoms with Crippen LogP contribution in [-0.2, 0) is 9.47 Å². The van der Waals surface area contributed by atoms with Crippen molar-refractivity contribution in [3.8, 4) is 0 Å². The molecule has 0 bridgehead atoms. The number of nitrogens with one attached hydrogen (secondary N) is 1. The van der Waals surface area contributed by atoms with Crippen molar-refractivity contribution < 1.29 is 14.7 Å². The lowest BCUT2D eigenvalue weighted by molar-refractivity contribution is -0.169. The van der Waals surface area contributed by atoms with Gasteiger partial charge in [-0.1, -0.05) is 0 Å². The number of nitrogen functional groups attached to an aromatic ring is 1. The van der Waals surface area contributed by atoms with Crippen molar-refractivity contribution in [3.05, 3.63) is 11.7 Å². The Morgan fingerprint density at radius 1 is 1.32 bits per heavy atom. The summed E-state index contributed by atoms with van der Waals surface area (Å²) in [6.07, 6.45) is 1.52. The van der Waals surface area contributed by atoms with Crippen LogP contribution < -0.4 is 16.3 Å². The highest BCUT2D eigenvalue weighted by molar-refractivity contribution is 5.46. The summed E-state index contributed by atoms with van der Waals surface area (Å²) in [7, 11) is 0. The highest BCUT2D eigenvalue weighted by atomic mass is 16.7. The smallest absolute Gasteiger partial charge is 0.259 e. The second-order valence-corrected chi connectivity index (χ2v) is 4.77. The Morgan fingerprint density at radius 2 is 1.95 bits per heavy atom. The van der Waals surface area contributed by atoms with Crippen molar-refractivity contribution >= 4 is 11.6 Å². The van der Waals surface area contributed by atoms with Gasteiger partial charge in [-0.15, -0.1) is 4.73 Å². The predicted octanol–water partition coefficient (Wildman–Crippen LogP) is -0.475. The van der Waals surface area contributed by atoms with Crippen LogP contribution in [0.2, 0.25) is 0 Å². The highest BCUT2D eigenvalue weighted by Crippen LogP contribution is 2.32. The Labute approximate surface area is 109 Å². The molecular weight excluding hydrogens is 250 g/mol. The van der Waals surface area contributed by atoms with Gasteiger partial charge in [-0.25, -0.2) is 0 Å². The van der Waals surface area contributed by atoms with Gasteiger partial charge in [-0.2, -0.15) is 4.98 Å². The highest BCUT2D eigenvalue weighted by Gasteiger charge is 2.40. The van der Waals surface area contributed by atoms with Gasteiger partial charge < -0.3 is 25.3 Å². The monoisotopic (exact) mass is 267 g/mol. The van der Waals surface area contributed by atoms with Crippen LogP contribution in [0.25, 0.3) is 0 Å². The van der Waals surface area contributed by atoms with E-state index in [4.69, 9.17) is 20.6 Å². The average molecular weight is 267 g/mol. The van der Waals surface area contributed by atoms with E-state index in [-0.39, 0.29) is 11.4 Å². The zero-order chi connectivity index (χ0) is 13.5. The van der Waals surface area contributed by atoms with E-state index in [2.05, 4.69) is 4.98 Å². The fourth-order valence-electron chi connectivity index (χ4n) is 2.53. The minimum Gasteiger partial charge on any atom is -0.423 e. The van der Waals surface area contributed by atoms with E-state index in [9.17, 15) is 5.21 Å². The van der Waals surface area contributed by atoms with Crippen molar-refractivity contribution in [1.29, 1.82) is 5.41 Å². The number of nitrogens with two attached hydrogens (primary N) is 1. The van der Waals surface area contributed by atoms with Crippen molar-refractivity contribution in [1.82, 2.24) is 9.71 Å². The van der Waals surface area contributed by atoms with E-state index < -0.39 is 5.79 Å². The van der Waals surface area contributed by atoms with Crippen LogP contribution in [0.1, 0.15) is 12.8 Å². The van der Waals surface area contributed by atoms with Gasteiger partial charge in [0.2, 0.25) is 0 Å². The first-order valence-electron chi connectivity index (χ1n) is 6.26. The van der Waals surface area contributed by atoms with Gasteiger partial charge in [0.25, 0.3) is 5.62 Å². The largest absolute Gasteiger partial charge is 0.423 e. The molecule has 2 fully saturated rings. The molecule has 104 valence electrons. The topological polar surface area (TPSA) is 110 Å². The fourth-order valence-corrected chi connectivity index (χ4v) is 2.53. The number of rotatable bonds is 1. The van der Waals surface area contributed by atoms with Gasteiger partial charge in [-0.3, -0.25) is 5.41 Å². The van der Waals surface area contributed by atoms with Crippen LogP contribution in [0.5, 0.6) is 0 Å². The zero-order valence-corrected chi connectivity index (χ0v) is 10.5. The summed E-state index contributed by atoms with van der Waals surface area (Å²) in [5.41, 5.74) is 5.35. The maximum absolute atomic E-state index is 9.38. The zero-order valence-electron chi connectivity index (χ0n) is 10.5. The average Bonchev–Trinajstić information content (AvgIpc) is 2.85. The molecule has 3 heterocycles. The molecule has 2 aliphatic heterocycles. The van der Waals surface area contributed by atoms with Crippen molar-refractivity contribution in [2.75, 3.05) is 36.9 Å². The molecule has 0 aliphatic carbocycles. The van der Waals surface area contributed by atoms with Gasteiger partial charge >= 0.3 is 0 Å². The Bertz CT molecular complexity index is 528. The minimum absolute atomic E-state index is 0.101. The molecule has 0 aromatic carbocycles. The molecule has 8 nitrogen and oxygen atoms in total. The molecule has 3 rings (SSSR count). The molecule has 1 aromatic rings. The summed E-state index contributed by atoms with van der Waals surface area (Å²) in [5, 5.41) is 16.9. The Kier molecular flexibility index (Phi) is 2.83. The second kappa shape index (κ2) is 4.39. The van der Waals surface area contributed by atoms with Gasteiger partial charge in [0, 0.05) is 32.0 Å². The van der Waals surface area contributed by atoms with Crippen LogP contribution in [0.3, 0.4) is 0 Å². The van der Waals surface area contributed by atoms with Crippen LogP contribution >= 0.6 is 0 Å².